The molecule has 3 rings (SSSR count). The normalized spacial score (nSPS) is 23.8. The molecule has 1 saturated heterocycles. The number of anilines is 1. The molecule has 136 valence electrons. The van der Waals surface area contributed by atoms with E-state index >= 15 is 0 Å². The lowest BCUT2D eigenvalue weighted by atomic mass is 10.1. The van der Waals surface area contributed by atoms with Crippen molar-refractivity contribution in [3.05, 3.63) is 28.8 Å². The zero-order valence-electron chi connectivity index (χ0n) is 13.6. The van der Waals surface area contributed by atoms with E-state index in [0.29, 0.717) is 29.4 Å². The zero-order chi connectivity index (χ0) is 18.4. The van der Waals surface area contributed by atoms with E-state index in [2.05, 4.69) is 5.32 Å². The van der Waals surface area contributed by atoms with Crippen LogP contribution in [0.4, 0.5) is 5.69 Å². The van der Waals surface area contributed by atoms with Gasteiger partial charge in [0, 0.05) is 43.8 Å². The van der Waals surface area contributed by atoms with E-state index in [9.17, 15) is 18.0 Å². The van der Waals surface area contributed by atoms with Gasteiger partial charge in [-0.15, -0.1) is 0 Å². The van der Waals surface area contributed by atoms with E-state index in [4.69, 9.17) is 17.3 Å². The minimum atomic E-state index is -3.86. The van der Waals surface area contributed by atoms with Crippen LogP contribution in [0.1, 0.15) is 17.7 Å². The van der Waals surface area contributed by atoms with Crippen LogP contribution in [-0.4, -0.2) is 61.7 Å². The molecule has 2 heterocycles. The van der Waals surface area contributed by atoms with Gasteiger partial charge >= 0.3 is 0 Å². The van der Waals surface area contributed by atoms with Gasteiger partial charge in [-0.05, 0) is 23.8 Å². The summed E-state index contributed by atoms with van der Waals surface area (Å²) in [6, 6.07) is 3.73. The second kappa shape index (κ2) is 6.47. The van der Waals surface area contributed by atoms with Crippen molar-refractivity contribution in [1.29, 1.82) is 0 Å². The molecule has 3 N–H and O–H groups in total. The summed E-state index contributed by atoms with van der Waals surface area (Å²) in [5.41, 5.74) is 6.39. The molecule has 0 aromatic heterocycles. The fourth-order valence-electron chi connectivity index (χ4n) is 3.29. The van der Waals surface area contributed by atoms with Gasteiger partial charge < -0.3 is 16.0 Å². The number of nitrogens with one attached hydrogen (secondary N) is 1. The maximum atomic E-state index is 13.2. The number of carbonyl (C=O) groups excluding carboxylic acids is 2. The highest BCUT2D eigenvalue weighted by Crippen LogP contribution is 2.42. The molecule has 2 amide bonds. The molecule has 0 bridgehead atoms. The van der Waals surface area contributed by atoms with Crippen LogP contribution in [0.2, 0.25) is 5.02 Å². The van der Waals surface area contributed by atoms with Gasteiger partial charge in [0.2, 0.25) is 21.8 Å². The van der Waals surface area contributed by atoms with E-state index in [1.807, 2.05) is 0 Å². The molecule has 2 unspecified atom stereocenters. The van der Waals surface area contributed by atoms with Gasteiger partial charge in [-0.25, -0.2) is 8.42 Å². The van der Waals surface area contributed by atoms with Gasteiger partial charge in [0.25, 0.3) is 0 Å². The average molecular weight is 387 g/mol. The minimum Gasteiger partial charge on any atom is -0.372 e. The van der Waals surface area contributed by atoms with Crippen molar-refractivity contribution in [2.24, 2.45) is 5.73 Å². The number of carbonyl (C=O) groups is 2. The van der Waals surface area contributed by atoms with E-state index in [-0.39, 0.29) is 19.0 Å². The number of hydrogen-bond donors (Lipinski definition) is 2. The minimum absolute atomic E-state index is 0.0910. The SMILES string of the molecule is CC(=O)N1CCN(S(=O)(=O)C2c3cc(Cl)ccc3NC2C(N)=O)CC1. The van der Waals surface area contributed by atoms with E-state index < -0.39 is 27.2 Å². The highest BCUT2D eigenvalue weighted by atomic mass is 35.5. The van der Waals surface area contributed by atoms with Gasteiger partial charge in [0.15, 0.2) is 0 Å². The van der Waals surface area contributed by atoms with Crippen LogP contribution < -0.4 is 11.1 Å². The van der Waals surface area contributed by atoms with Crippen molar-refractivity contribution in [2.45, 2.75) is 18.2 Å². The molecule has 2 aliphatic rings. The molecular weight excluding hydrogens is 368 g/mol. The molecule has 10 heteroatoms. The number of benzene rings is 1. The van der Waals surface area contributed by atoms with Crippen LogP contribution in [0, 0.1) is 0 Å². The summed E-state index contributed by atoms with van der Waals surface area (Å²) in [5, 5.41) is 2.13. The lowest BCUT2D eigenvalue weighted by molar-refractivity contribution is -0.130. The fourth-order valence-corrected chi connectivity index (χ4v) is 5.53. The highest BCUT2D eigenvalue weighted by Gasteiger charge is 2.47. The third kappa shape index (κ3) is 3.19. The Morgan fingerprint density at radius 3 is 2.44 bits per heavy atom. The largest absolute Gasteiger partial charge is 0.372 e. The molecule has 1 aromatic carbocycles. The Labute approximate surface area is 151 Å². The predicted octanol–water partition coefficient (Wildman–Crippen LogP) is 0.154. The molecule has 2 atom stereocenters. The summed E-state index contributed by atoms with van der Waals surface area (Å²) in [6.45, 7) is 2.45. The first-order valence-electron chi connectivity index (χ1n) is 7.81. The first-order valence-corrected chi connectivity index (χ1v) is 9.69. The van der Waals surface area contributed by atoms with Gasteiger partial charge in [0.05, 0.1) is 0 Å². The van der Waals surface area contributed by atoms with Gasteiger partial charge in [-0.3, -0.25) is 9.59 Å². The van der Waals surface area contributed by atoms with Gasteiger partial charge in [-0.2, -0.15) is 4.31 Å². The van der Waals surface area contributed by atoms with Crippen LogP contribution >= 0.6 is 11.6 Å². The summed E-state index contributed by atoms with van der Waals surface area (Å²) in [4.78, 5) is 24.8. The summed E-state index contributed by atoms with van der Waals surface area (Å²) < 4.78 is 27.7. The fraction of sp³-hybridized carbons (Fsp3) is 0.467. The maximum absolute atomic E-state index is 13.2. The van der Waals surface area contributed by atoms with Crippen molar-refractivity contribution in [2.75, 3.05) is 31.5 Å². The Bertz CT molecular complexity index is 821. The number of fused-ring (bicyclic) bond motifs is 1. The Hall–Kier alpha value is -1.84. The van der Waals surface area contributed by atoms with Crippen LogP contribution in [0.5, 0.6) is 0 Å². The predicted molar refractivity (Wildman–Crippen MR) is 93.5 cm³/mol. The third-order valence-corrected chi connectivity index (χ3v) is 7.09. The van der Waals surface area contributed by atoms with Gasteiger partial charge in [0.1, 0.15) is 11.3 Å². The van der Waals surface area contributed by atoms with Gasteiger partial charge in [-0.1, -0.05) is 11.6 Å². The van der Waals surface area contributed by atoms with E-state index in [1.165, 1.54) is 11.2 Å². The standard InChI is InChI=1S/C15H19ClN4O4S/c1-9(21)19-4-6-20(7-5-19)25(23,24)14-11-8-10(16)2-3-12(11)18-13(14)15(17)22/h2-3,8,13-14,18H,4-7H2,1H3,(H2,17,22). The molecule has 1 aromatic rings. The first-order chi connectivity index (χ1) is 11.7. The van der Waals surface area contributed by atoms with E-state index in [0.717, 1.165) is 0 Å². The molecule has 1 fully saturated rings. The molecule has 0 saturated carbocycles. The summed E-state index contributed by atoms with van der Waals surface area (Å²) in [7, 11) is -3.86. The summed E-state index contributed by atoms with van der Waals surface area (Å²) in [5.74, 6) is -0.838. The Morgan fingerprint density at radius 1 is 1.24 bits per heavy atom. The second-order valence-corrected chi connectivity index (χ2v) is 8.62. The molecule has 8 nitrogen and oxygen atoms in total. The molecule has 0 spiro atoms. The molecule has 25 heavy (non-hydrogen) atoms. The van der Waals surface area contributed by atoms with Crippen molar-refractivity contribution in [3.8, 4) is 0 Å². The summed E-state index contributed by atoms with van der Waals surface area (Å²) >= 11 is 6.01. The van der Waals surface area contributed by atoms with Crippen LogP contribution in [0.3, 0.4) is 0 Å². The average Bonchev–Trinajstić information content (AvgIpc) is 2.94. The number of amides is 2. The number of piperazine rings is 1. The quantitative estimate of drug-likeness (QED) is 0.768. The molecular formula is C15H19ClN4O4S. The lowest BCUT2D eigenvalue weighted by Gasteiger charge is -2.35. The Balaban J connectivity index is 1.94. The number of hydrogen-bond acceptors (Lipinski definition) is 5. The first kappa shape index (κ1) is 18.0. The van der Waals surface area contributed by atoms with Crippen molar-refractivity contribution < 1.29 is 18.0 Å². The van der Waals surface area contributed by atoms with Crippen LogP contribution in [0.15, 0.2) is 18.2 Å². The van der Waals surface area contributed by atoms with Crippen molar-refractivity contribution in [3.63, 3.8) is 0 Å². The number of nitrogens with two attached hydrogens (primary N) is 1. The molecule has 2 aliphatic heterocycles. The van der Waals surface area contributed by atoms with Crippen molar-refractivity contribution in [1.82, 2.24) is 9.21 Å². The summed E-state index contributed by atoms with van der Waals surface area (Å²) in [6.07, 6.45) is 0. The van der Waals surface area contributed by atoms with Crippen LogP contribution in [-0.2, 0) is 19.6 Å². The monoisotopic (exact) mass is 386 g/mol. The molecule has 0 radical (unpaired) electrons. The highest BCUT2D eigenvalue weighted by molar-refractivity contribution is 7.89. The molecule has 0 aliphatic carbocycles. The smallest absolute Gasteiger partial charge is 0.241 e. The second-order valence-electron chi connectivity index (χ2n) is 6.13. The number of nitrogens with zero attached hydrogens (tertiary/aromatic N) is 2. The maximum Gasteiger partial charge on any atom is 0.241 e. The topological polar surface area (TPSA) is 113 Å². The number of primary amides is 1. The number of rotatable bonds is 3. The lowest BCUT2D eigenvalue weighted by Crippen LogP contribution is -2.52. The number of halogens is 1. The Kier molecular flexibility index (Phi) is 4.65. The van der Waals surface area contributed by atoms with Crippen LogP contribution in [0.25, 0.3) is 0 Å². The third-order valence-electron chi connectivity index (χ3n) is 4.61. The van der Waals surface area contributed by atoms with Crippen molar-refractivity contribution >= 4 is 39.1 Å². The number of sulfonamides is 1. The zero-order valence-corrected chi connectivity index (χ0v) is 15.2. The Morgan fingerprint density at radius 2 is 1.88 bits per heavy atom. The van der Waals surface area contributed by atoms with E-state index in [1.54, 1.807) is 23.1 Å².